The fourth-order valence-electron chi connectivity index (χ4n) is 3.19. The lowest BCUT2D eigenvalue weighted by molar-refractivity contribution is -0.151. The highest BCUT2D eigenvalue weighted by atomic mass is 33.1. The minimum Gasteiger partial charge on any atom is -0.467 e. The number of rotatable bonds is 6. The predicted octanol–water partition coefficient (Wildman–Crippen LogP) is 2.38. The average molecular weight is 409 g/mol. The van der Waals surface area contributed by atoms with Gasteiger partial charge in [0.2, 0.25) is 5.91 Å². The fourth-order valence-corrected chi connectivity index (χ4v) is 5.55. The van der Waals surface area contributed by atoms with Gasteiger partial charge in [-0.05, 0) is 25.0 Å². The minimum absolute atomic E-state index is 0.113. The molecule has 1 saturated heterocycles. The number of nitrogens with zero attached hydrogens (tertiary/aromatic N) is 2. The monoisotopic (exact) mass is 408 g/mol. The lowest BCUT2D eigenvalue weighted by Gasteiger charge is -2.25. The number of esters is 1. The number of ether oxygens (including phenoxy) is 1. The van der Waals surface area contributed by atoms with E-state index in [1.807, 2.05) is 0 Å². The van der Waals surface area contributed by atoms with Crippen LogP contribution in [0, 0.1) is 5.92 Å². The molecule has 0 radical (unpaired) electrons. The first kappa shape index (κ1) is 19.8. The number of amides is 3. The molecule has 0 aliphatic carbocycles. The van der Waals surface area contributed by atoms with Crippen molar-refractivity contribution >= 4 is 45.5 Å². The molecule has 1 aromatic rings. The number of likely N-dealkylation sites (tertiary alicyclic amines) is 1. The Bertz CT molecular complexity index is 750. The van der Waals surface area contributed by atoms with Crippen LogP contribution in [-0.2, 0) is 14.3 Å². The number of hydrogen-bond acceptors (Lipinski definition) is 7. The maximum atomic E-state index is 12.7. The van der Waals surface area contributed by atoms with E-state index in [1.54, 1.807) is 36.1 Å². The lowest BCUT2D eigenvalue weighted by Crippen LogP contribution is -2.43. The van der Waals surface area contributed by atoms with Gasteiger partial charge in [0, 0.05) is 29.2 Å². The van der Waals surface area contributed by atoms with Gasteiger partial charge in [-0.2, -0.15) is 0 Å². The molecule has 3 amide bonds. The minimum atomic E-state index is -0.515. The predicted molar refractivity (Wildman–Crippen MR) is 103 cm³/mol. The number of benzene rings is 1. The topological polar surface area (TPSA) is 84.0 Å². The van der Waals surface area contributed by atoms with E-state index in [4.69, 9.17) is 4.74 Å². The van der Waals surface area contributed by atoms with Crippen LogP contribution < -0.4 is 0 Å². The van der Waals surface area contributed by atoms with Crippen molar-refractivity contribution in [2.24, 2.45) is 5.92 Å². The molecule has 2 aliphatic rings. The molecule has 2 heterocycles. The number of methoxy groups -OCH3 is 1. The molecular weight excluding hydrogens is 388 g/mol. The molecule has 1 fully saturated rings. The largest absolute Gasteiger partial charge is 0.467 e. The van der Waals surface area contributed by atoms with Crippen molar-refractivity contribution in [1.82, 2.24) is 9.21 Å². The third kappa shape index (κ3) is 3.84. The van der Waals surface area contributed by atoms with Gasteiger partial charge in [0.15, 0.2) is 0 Å². The van der Waals surface area contributed by atoms with Gasteiger partial charge in [0.25, 0.3) is 11.8 Å². The summed E-state index contributed by atoms with van der Waals surface area (Å²) in [4.78, 5) is 50.7. The van der Waals surface area contributed by atoms with E-state index in [9.17, 15) is 19.2 Å². The summed E-state index contributed by atoms with van der Waals surface area (Å²) in [6.45, 7) is 2.32. The van der Waals surface area contributed by atoms with Crippen molar-refractivity contribution in [3.8, 4) is 0 Å². The van der Waals surface area contributed by atoms with Crippen LogP contribution in [0.3, 0.4) is 0 Å². The molecule has 0 bridgehead atoms. The Hall–Kier alpha value is -2.00. The van der Waals surface area contributed by atoms with Gasteiger partial charge in [-0.25, -0.2) is 9.10 Å². The number of carbonyl (C=O) groups excluding carboxylic acids is 4. The second-order valence-corrected chi connectivity index (χ2v) is 8.66. The molecule has 144 valence electrons. The van der Waals surface area contributed by atoms with Crippen LogP contribution in [0.4, 0.5) is 0 Å². The smallest absolute Gasteiger partial charge is 0.328 e. The second kappa shape index (κ2) is 8.35. The first-order chi connectivity index (χ1) is 13.0. The van der Waals surface area contributed by atoms with E-state index in [2.05, 4.69) is 0 Å². The molecule has 3 rings (SSSR count). The number of imide groups is 1. The molecule has 0 N–H and O–H groups in total. The highest BCUT2D eigenvalue weighted by molar-refractivity contribution is 8.76. The van der Waals surface area contributed by atoms with E-state index in [1.165, 1.54) is 17.9 Å². The van der Waals surface area contributed by atoms with Crippen molar-refractivity contribution in [2.75, 3.05) is 19.4 Å². The van der Waals surface area contributed by atoms with Gasteiger partial charge >= 0.3 is 5.97 Å². The fraction of sp³-hybridized carbons (Fsp3) is 0.444. The molecule has 27 heavy (non-hydrogen) atoms. The maximum Gasteiger partial charge on any atom is 0.328 e. The van der Waals surface area contributed by atoms with Crippen molar-refractivity contribution < 1.29 is 23.9 Å². The molecule has 1 aromatic carbocycles. The molecular formula is C18H20N2O5S2. The SMILES string of the molecule is COC(=O)[C@@H]1CCCN1C(=O)[C@H](C)CSSN1C(=O)c2ccccc2C1=O. The number of fused-ring (bicyclic) bond motifs is 1. The summed E-state index contributed by atoms with van der Waals surface area (Å²) in [5, 5.41) is 0. The van der Waals surface area contributed by atoms with Gasteiger partial charge < -0.3 is 9.64 Å². The summed E-state index contributed by atoms with van der Waals surface area (Å²) in [7, 11) is 3.64. The van der Waals surface area contributed by atoms with Crippen molar-refractivity contribution in [2.45, 2.75) is 25.8 Å². The van der Waals surface area contributed by atoms with Gasteiger partial charge in [0.1, 0.15) is 6.04 Å². The van der Waals surface area contributed by atoms with Crippen LogP contribution in [-0.4, -0.2) is 58.3 Å². The van der Waals surface area contributed by atoms with E-state index < -0.39 is 6.04 Å². The average Bonchev–Trinajstić information content (AvgIpc) is 3.26. The first-order valence-electron chi connectivity index (χ1n) is 8.61. The highest BCUT2D eigenvalue weighted by Gasteiger charge is 2.38. The molecule has 2 atom stereocenters. The molecule has 0 aromatic heterocycles. The number of hydrogen-bond donors (Lipinski definition) is 0. The van der Waals surface area contributed by atoms with Crippen LogP contribution in [0.25, 0.3) is 0 Å². The van der Waals surface area contributed by atoms with Crippen LogP contribution in [0.1, 0.15) is 40.5 Å². The highest BCUT2D eigenvalue weighted by Crippen LogP contribution is 2.36. The first-order valence-corrected chi connectivity index (χ1v) is 10.9. The van der Waals surface area contributed by atoms with E-state index in [0.717, 1.165) is 21.7 Å². The Labute approximate surface area is 165 Å². The van der Waals surface area contributed by atoms with E-state index in [-0.39, 0.29) is 29.6 Å². The number of carbonyl (C=O) groups is 4. The maximum absolute atomic E-state index is 12.7. The van der Waals surface area contributed by atoms with Crippen molar-refractivity contribution in [1.29, 1.82) is 0 Å². The molecule has 0 saturated carbocycles. The zero-order chi connectivity index (χ0) is 19.6. The quantitative estimate of drug-likeness (QED) is 0.309. The van der Waals surface area contributed by atoms with Crippen molar-refractivity contribution in [3.05, 3.63) is 35.4 Å². The summed E-state index contributed by atoms with van der Waals surface area (Å²) in [5.74, 6) is -1.10. The zero-order valence-electron chi connectivity index (χ0n) is 15.0. The summed E-state index contributed by atoms with van der Waals surface area (Å²) in [6, 6.07) is 6.19. The summed E-state index contributed by atoms with van der Waals surface area (Å²) >= 11 is 0. The standard InChI is InChI=1S/C18H20N2O5S2/c1-11(15(21)19-9-5-8-14(19)18(24)25-2)10-26-27-20-16(22)12-6-3-4-7-13(12)17(20)23/h3-4,6-7,11,14H,5,8-10H2,1-2H3/t11-,14+/m1/s1. The Morgan fingerprint density at radius 3 is 2.44 bits per heavy atom. The molecule has 0 unspecified atom stereocenters. The zero-order valence-corrected chi connectivity index (χ0v) is 16.7. The summed E-state index contributed by atoms with van der Waals surface area (Å²) in [5.41, 5.74) is 0.801. The van der Waals surface area contributed by atoms with Gasteiger partial charge in [-0.3, -0.25) is 14.4 Å². The third-order valence-electron chi connectivity index (χ3n) is 4.63. The molecule has 7 nitrogen and oxygen atoms in total. The van der Waals surface area contributed by atoms with Crippen molar-refractivity contribution in [3.63, 3.8) is 0 Å². The summed E-state index contributed by atoms with van der Waals surface area (Å²) in [6.07, 6.45) is 1.39. The molecule has 0 spiro atoms. The van der Waals surface area contributed by atoms with E-state index in [0.29, 0.717) is 29.8 Å². The molecule has 9 heteroatoms. The van der Waals surface area contributed by atoms with E-state index >= 15 is 0 Å². The van der Waals surface area contributed by atoms with Gasteiger partial charge in [-0.15, -0.1) is 0 Å². The Morgan fingerprint density at radius 2 is 1.85 bits per heavy atom. The van der Waals surface area contributed by atoms with Crippen LogP contribution in [0.15, 0.2) is 24.3 Å². The third-order valence-corrected chi connectivity index (χ3v) is 7.03. The van der Waals surface area contributed by atoms with Crippen LogP contribution in [0.2, 0.25) is 0 Å². The van der Waals surface area contributed by atoms with Gasteiger partial charge in [-0.1, -0.05) is 29.9 Å². The van der Waals surface area contributed by atoms with Crippen LogP contribution in [0.5, 0.6) is 0 Å². The van der Waals surface area contributed by atoms with Crippen LogP contribution >= 0.6 is 21.8 Å². The second-order valence-electron chi connectivity index (χ2n) is 6.42. The Morgan fingerprint density at radius 1 is 1.22 bits per heavy atom. The Kier molecular flexibility index (Phi) is 6.11. The summed E-state index contributed by atoms with van der Waals surface area (Å²) < 4.78 is 5.90. The lowest BCUT2D eigenvalue weighted by atomic mass is 10.1. The molecule has 2 aliphatic heterocycles. The Balaban J connectivity index is 1.54. The normalized spacial score (nSPS) is 20.0. The van der Waals surface area contributed by atoms with Gasteiger partial charge in [0.05, 0.1) is 18.2 Å².